The number of nitrogens with one attached hydrogen (secondary N) is 1. The number of carboxylic acid groups (broad SMARTS) is 1. The molecule has 1 unspecified atom stereocenters. The number of alkyl halides is 2. The highest BCUT2D eigenvalue weighted by Gasteiger charge is 2.34. The largest absolute Gasteiger partial charge is 0.481 e. The predicted octanol–water partition coefficient (Wildman–Crippen LogP) is 4.23. The van der Waals surface area contributed by atoms with E-state index < -0.39 is 24.2 Å². The molecule has 29 heavy (non-hydrogen) atoms. The first kappa shape index (κ1) is 21.1. The summed E-state index contributed by atoms with van der Waals surface area (Å²) >= 11 is 0. The molecule has 1 atom stereocenters. The number of aliphatic carboxylic acids is 1. The van der Waals surface area contributed by atoms with Gasteiger partial charge in [-0.2, -0.15) is 0 Å². The number of nitrogens with zero attached hydrogens (tertiary/aromatic N) is 3. The molecule has 0 fully saturated rings. The number of unbranched alkanes of at least 4 members (excludes halogenated alkanes) is 1. The molecule has 1 aliphatic rings. The Morgan fingerprint density at radius 1 is 1.24 bits per heavy atom. The number of pyridine rings is 1. The maximum absolute atomic E-state index is 14.5. The van der Waals surface area contributed by atoms with Crippen molar-refractivity contribution in [1.29, 1.82) is 0 Å². The van der Waals surface area contributed by atoms with E-state index in [1.165, 1.54) is 24.3 Å². The molecule has 0 spiro atoms. The van der Waals surface area contributed by atoms with Crippen LogP contribution in [0.2, 0.25) is 0 Å². The van der Waals surface area contributed by atoms with Gasteiger partial charge >= 0.3 is 5.97 Å². The van der Waals surface area contributed by atoms with Crippen molar-refractivity contribution in [2.45, 2.75) is 63.2 Å². The topological polar surface area (TPSA) is 88.0 Å². The molecule has 3 heterocycles. The maximum atomic E-state index is 14.5. The molecule has 2 aromatic heterocycles. The normalized spacial score (nSPS) is 14.7. The van der Waals surface area contributed by atoms with E-state index in [2.05, 4.69) is 26.3 Å². The Balaban J connectivity index is 1.50. The van der Waals surface area contributed by atoms with Crippen LogP contribution in [0.3, 0.4) is 0 Å². The Morgan fingerprint density at radius 2 is 2.03 bits per heavy atom. The second kappa shape index (κ2) is 9.71. The Labute approximate surface area is 168 Å². The van der Waals surface area contributed by atoms with Gasteiger partial charge in [-0.05, 0) is 49.3 Å². The quantitative estimate of drug-likeness (QED) is 0.576. The zero-order valence-electron chi connectivity index (χ0n) is 16.3. The van der Waals surface area contributed by atoms with E-state index in [9.17, 15) is 13.6 Å². The minimum absolute atomic E-state index is 0.278. The standard InChI is InChI=1S/C21H26F2N4O2/c22-21(23,11-16(10-19(28)29)17-12-24-14-25-13-17)8-2-1-5-18-7-6-15-4-3-9-26-20(15)27-18/h6-7,12-14,16H,1-5,8-11H2,(H,26,27)(H,28,29). The Hall–Kier alpha value is -2.64. The first-order chi connectivity index (χ1) is 13.9. The lowest BCUT2D eigenvalue weighted by atomic mass is 9.89. The summed E-state index contributed by atoms with van der Waals surface area (Å²) in [7, 11) is 0. The lowest BCUT2D eigenvalue weighted by Gasteiger charge is -2.22. The first-order valence-electron chi connectivity index (χ1n) is 10.0. The fourth-order valence-electron chi connectivity index (χ4n) is 3.70. The molecule has 2 N–H and O–H groups in total. The molecule has 0 aliphatic carbocycles. The van der Waals surface area contributed by atoms with Crippen molar-refractivity contribution in [2.24, 2.45) is 0 Å². The minimum Gasteiger partial charge on any atom is -0.481 e. The number of hydrogen-bond donors (Lipinski definition) is 2. The predicted molar refractivity (Wildman–Crippen MR) is 105 cm³/mol. The van der Waals surface area contributed by atoms with Crippen LogP contribution in [0.5, 0.6) is 0 Å². The molecular weight excluding hydrogens is 378 g/mol. The molecule has 0 amide bonds. The van der Waals surface area contributed by atoms with Crippen LogP contribution >= 0.6 is 0 Å². The lowest BCUT2D eigenvalue weighted by molar-refractivity contribution is -0.138. The third-order valence-corrected chi connectivity index (χ3v) is 5.20. The average Bonchev–Trinajstić information content (AvgIpc) is 2.71. The number of carboxylic acids is 1. The number of aromatic nitrogens is 3. The Bertz CT molecular complexity index is 818. The zero-order valence-corrected chi connectivity index (χ0v) is 16.3. The molecule has 156 valence electrons. The molecule has 0 saturated carbocycles. The van der Waals surface area contributed by atoms with Crippen LogP contribution in [0.25, 0.3) is 0 Å². The van der Waals surface area contributed by atoms with E-state index in [4.69, 9.17) is 5.11 Å². The van der Waals surface area contributed by atoms with Gasteiger partial charge in [-0.15, -0.1) is 0 Å². The molecule has 0 radical (unpaired) electrons. The number of carbonyl (C=O) groups is 1. The van der Waals surface area contributed by atoms with E-state index >= 15 is 0 Å². The molecule has 1 aliphatic heterocycles. The highest BCUT2D eigenvalue weighted by atomic mass is 19.3. The summed E-state index contributed by atoms with van der Waals surface area (Å²) in [6, 6.07) is 4.04. The van der Waals surface area contributed by atoms with Gasteiger partial charge in [0.15, 0.2) is 0 Å². The molecule has 3 rings (SSSR count). The van der Waals surface area contributed by atoms with Crippen molar-refractivity contribution in [3.05, 3.63) is 47.7 Å². The SMILES string of the molecule is O=C(O)CC(CC(F)(F)CCCCc1ccc2c(n1)NCCC2)c1cncnc1. The van der Waals surface area contributed by atoms with Crippen molar-refractivity contribution in [3.63, 3.8) is 0 Å². The summed E-state index contributed by atoms with van der Waals surface area (Å²) in [6.45, 7) is 0.916. The minimum atomic E-state index is -2.94. The van der Waals surface area contributed by atoms with E-state index in [0.29, 0.717) is 24.8 Å². The second-order valence-corrected chi connectivity index (χ2v) is 7.57. The van der Waals surface area contributed by atoms with Gasteiger partial charge in [0.05, 0.1) is 6.42 Å². The van der Waals surface area contributed by atoms with Gasteiger partial charge < -0.3 is 10.4 Å². The summed E-state index contributed by atoms with van der Waals surface area (Å²) < 4.78 is 29.0. The van der Waals surface area contributed by atoms with Crippen LogP contribution in [-0.2, 0) is 17.6 Å². The smallest absolute Gasteiger partial charge is 0.303 e. The van der Waals surface area contributed by atoms with E-state index in [1.807, 2.05) is 6.07 Å². The van der Waals surface area contributed by atoms with Crippen LogP contribution < -0.4 is 5.32 Å². The van der Waals surface area contributed by atoms with Crippen molar-refractivity contribution in [1.82, 2.24) is 15.0 Å². The highest BCUT2D eigenvalue weighted by molar-refractivity contribution is 5.68. The molecule has 0 saturated heterocycles. The fourth-order valence-corrected chi connectivity index (χ4v) is 3.70. The van der Waals surface area contributed by atoms with Crippen molar-refractivity contribution in [2.75, 3.05) is 11.9 Å². The molecule has 0 aromatic carbocycles. The summed E-state index contributed by atoms with van der Waals surface area (Å²) in [5, 5.41) is 12.3. The lowest BCUT2D eigenvalue weighted by Crippen LogP contribution is -2.22. The van der Waals surface area contributed by atoms with Gasteiger partial charge in [-0.1, -0.05) is 6.07 Å². The van der Waals surface area contributed by atoms with Crippen LogP contribution in [-0.4, -0.2) is 38.5 Å². The van der Waals surface area contributed by atoms with Crippen LogP contribution in [0.4, 0.5) is 14.6 Å². The summed E-state index contributed by atoms with van der Waals surface area (Å²) in [5.41, 5.74) is 2.55. The number of anilines is 1. The van der Waals surface area contributed by atoms with Gasteiger partial charge in [-0.3, -0.25) is 4.79 Å². The van der Waals surface area contributed by atoms with Gasteiger partial charge in [0.2, 0.25) is 5.92 Å². The molecule has 2 aromatic rings. The monoisotopic (exact) mass is 404 g/mol. The van der Waals surface area contributed by atoms with Gasteiger partial charge in [0, 0.05) is 43.4 Å². The summed E-state index contributed by atoms with van der Waals surface area (Å²) in [5.74, 6) is -3.94. The molecule has 0 bridgehead atoms. The fraction of sp³-hybridized carbons (Fsp3) is 0.524. The Morgan fingerprint density at radius 3 is 2.79 bits per heavy atom. The van der Waals surface area contributed by atoms with Gasteiger partial charge in [0.1, 0.15) is 12.1 Å². The zero-order chi connectivity index (χ0) is 20.7. The van der Waals surface area contributed by atoms with E-state index in [-0.39, 0.29) is 12.8 Å². The number of aryl methyl sites for hydroxylation is 2. The van der Waals surface area contributed by atoms with Crippen molar-refractivity contribution in [3.8, 4) is 0 Å². The summed E-state index contributed by atoms with van der Waals surface area (Å²) in [4.78, 5) is 23.3. The second-order valence-electron chi connectivity index (χ2n) is 7.57. The van der Waals surface area contributed by atoms with Crippen molar-refractivity contribution >= 4 is 11.8 Å². The number of rotatable bonds is 10. The third kappa shape index (κ3) is 6.44. The molecule has 6 nitrogen and oxygen atoms in total. The number of fused-ring (bicyclic) bond motifs is 1. The van der Waals surface area contributed by atoms with E-state index in [1.54, 1.807) is 0 Å². The highest BCUT2D eigenvalue weighted by Crippen LogP contribution is 2.35. The average molecular weight is 404 g/mol. The first-order valence-corrected chi connectivity index (χ1v) is 10.0. The number of hydrogen-bond acceptors (Lipinski definition) is 5. The maximum Gasteiger partial charge on any atom is 0.303 e. The van der Waals surface area contributed by atoms with Crippen LogP contribution in [0.15, 0.2) is 30.9 Å². The molecule has 8 heteroatoms. The van der Waals surface area contributed by atoms with Crippen LogP contribution in [0.1, 0.15) is 61.3 Å². The number of halogens is 2. The van der Waals surface area contributed by atoms with Crippen LogP contribution in [0, 0.1) is 0 Å². The third-order valence-electron chi connectivity index (χ3n) is 5.20. The summed E-state index contributed by atoms with van der Waals surface area (Å²) in [6.07, 6.45) is 6.68. The van der Waals surface area contributed by atoms with Gasteiger partial charge in [0.25, 0.3) is 0 Å². The van der Waals surface area contributed by atoms with Crippen molar-refractivity contribution < 1.29 is 18.7 Å². The van der Waals surface area contributed by atoms with Gasteiger partial charge in [-0.25, -0.2) is 23.7 Å². The molecular formula is C21H26F2N4O2. The Kier molecular flexibility index (Phi) is 7.06. The van der Waals surface area contributed by atoms with E-state index in [0.717, 1.165) is 30.9 Å².